The topological polar surface area (TPSA) is 86.3 Å². The summed E-state index contributed by atoms with van der Waals surface area (Å²) >= 11 is 0. The molecule has 3 N–H and O–H groups in total. The Morgan fingerprint density at radius 1 is 1.27 bits per heavy atom. The van der Waals surface area contributed by atoms with Crippen LogP contribution in [0.4, 0.5) is 0 Å². The van der Waals surface area contributed by atoms with Gasteiger partial charge in [-0.15, -0.1) is 4.67 Å². The van der Waals surface area contributed by atoms with E-state index < -0.39 is 0 Å². The lowest BCUT2D eigenvalue weighted by Gasteiger charge is -2.06. The van der Waals surface area contributed by atoms with Crippen molar-refractivity contribution in [2.24, 2.45) is 5.73 Å². The number of nitrogens with two attached hydrogens (primary N) is 1. The number of hydrogen-bond acceptors (Lipinski definition) is 3. The predicted octanol–water partition coefficient (Wildman–Crippen LogP) is 0.799. The van der Waals surface area contributed by atoms with Gasteiger partial charge in [-0.2, -0.15) is 0 Å². The van der Waals surface area contributed by atoms with E-state index >= 15 is 0 Å². The van der Waals surface area contributed by atoms with E-state index in [0.29, 0.717) is 17.4 Å². The summed E-state index contributed by atoms with van der Waals surface area (Å²) in [4.78, 5) is 23.3. The van der Waals surface area contributed by atoms with Gasteiger partial charge in [-0.05, 0) is 25.1 Å². The largest absolute Gasteiger partial charge is 0.404 e. The van der Waals surface area contributed by atoms with E-state index in [2.05, 4.69) is 9.98 Å². The van der Waals surface area contributed by atoms with Gasteiger partial charge in [-0.3, -0.25) is 9.59 Å². The van der Waals surface area contributed by atoms with E-state index in [1.807, 2.05) is 19.1 Å². The number of nitrogens with zero attached hydrogens (tertiary/aromatic N) is 1. The average molecular weight is 294 g/mol. The summed E-state index contributed by atoms with van der Waals surface area (Å²) in [5.74, 6) is -0.352. The predicted molar refractivity (Wildman–Crippen MR) is 87.4 cm³/mol. The van der Waals surface area contributed by atoms with Gasteiger partial charge in [0.1, 0.15) is 0 Å². The number of benzene rings is 1. The zero-order valence-electron chi connectivity index (χ0n) is 12.1. The molecule has 0 saturated heterocycles. The first-order valence-corrected chi connectivity index (χ1v) is 6.68. The molecule has 2 rings (SSSR count). The molecule has 0 fully saturated rings. The lowest BCUT2D eigenvalue weighted by atomic mass is 10.1. The third kappa shape index (κ3) is 3.69. The van der Waals surface area contributed by atoms with Crippen LogP contribution in [0.15, 0.2) is 59.5 Å². The van der Waals surface area contributed by atoms with Crippen LogP contribution in [0.2, 0.25) is 0 Å². The zero-order valence-corrected chi connectivity index (χ0v) is 12.1. The molecule has 0 aromatic heterocycles. The van der Waals surface area contributed by atoms with Crippen molar-refractivity contribution in [1.29, 1.82) is 0 Å². The highest BCUT2D eigenvalue weighted by Gasteiger charge is 2.12. The van der Waals surface area contributed by atoms with E-state index in [4.69, 9.17) is 5.73 Å². The molecule has 1 heterocycles. The van der Waals surface area contributed by atoms with Crippen molar-refractivity contribution in [3.8, 4) is 0 Å². The van der Waals surface area contributed by atoms with Crippen molar-refractivity contribution < 1.29 is 9.59 Å². The Morgan fingerprint density at radius 2 is 2.00 bits per heavy atom. The molecule has 1 aliphatic rings. The Kier molecular flexibility index (Phi) is 4.85. The molecular formula is C17H16N3O2+. The fraction of sp³-hybridized carbons (Fsp3) is 0.0588. The molecule has 1 aliphatic heterocycles. The molecule has 0 spiro atoms. The van der Waals surface area contributed by atoms with Crippen LogP contribution >= 0.6 is 0 Å². The van der Waals surface area contributed by atoms with E-state index in [-0.39, 0.29) is 11.6 Å². The van der Waals surface area contributed by atoms with Gasteiger partial charge in [0, 0.05) is 23.4 Å². The Hall–Kier alpha value is -3.17. The number of carbonyl (C=O) groups excluding carboxylic acids is 2. The minimum Gasteiger partial charge on any atom is -0.404 e. The van der Waals surface area contributed by atoms with Crippen molar-refractivity contribution in [3.63, 3.8) is 0 Å². The second-order valence-corrected chi connectivity index (χ2v) is 4.71. The molecule has 0 atom stereocenters. The minimum atomic E-state index is -0.352. The highest BCUT2D eigenvalue weighted by molar-refractivity contribution is 6.00. The lowest BCUT2D eigenvalue weighted by molar-refractivity contribution is -0.105. The van der Waals surface area contributed by atoms with Crippen molar-refractivity contribution in [1.82, 2.24) is 9.98 Å². The van der Waals surface area contributed by atoms with Crippen LogP contribution in [0.5, 0.6) is 0 Å². The van der Waals surface area contributed by atoms with E-state index in [1.54, 1.807) is 30.6 Å². The van der Waals surface area contributed by atoms with Crippen LogP contribution in [-0.4, -0.2) is 24.6 Å². The second-order valence-electron chi connectivity index (χ2n) is 4.71. The molecule has 1 aromatic rings. The summed E-state index contributed by atoms with van der Waals surface area (Å²) in [5, 5.41) is 2.57. The van der Waals surface area contributed by atoms with Gasteiger partial charge in [0.2, 0.25) is 0 Å². The summed E-state index contributed by atoms with van der Waals surface area (Å²) in [6, 6.07) is 7.07. The number of carbonyl (C=O) groups is 2. The van der Waals surface area contributed by atoms with Gasteiger partial charge < -0.3 is 11.1 Å². The van der Waals surface area contributed by atoms with Gasteiger partial charge in [0.15, 0.2) is 6.29 Å². The number of rotatable bonds is 5. The van der Waals surface area contributed by atoms with Crippen LogP contribution in [0.1, 0.15) is 15.9 Å². The molecular weight excluding hydrogens is 278 g/mol. The van der Waals surface area contributed by atoms with Crippen LogP contribution in [0.25, 0.3) is 0 Å². The number of aldehydes is 1. The monoisotopic (exact) mass is 294 g/mol. The van der Waals surface area contributed by atoms with Crippen LogP contribution in [-0.2, 0) is 4.79 Å². The Morgan fingerprint density at radius 3 is 2.55 bits per heavy atom. The maximum absolute atomic E-state index is 12.1. The second kappa shape index (κ2) is 7.02. The Balaban J connectivity index is 2.16. The quantitative estimate of drug-likeness (QED) is 0.364. The average Bonchev–Trinajstić information content (AvgIpc) is 3.06. The first kappa shape index (κ1) is 15.2. The normalized spacial score (nSPS) is 14.0. The maximum atomic E-state index is 12.1. The van der Waals surface area contributed by atoms with Crippen LogP contribution in [0, 0.1) is 6.92 Å². The first-order valence-electron chi connectivity index (χ1n) is 6.68. The molecule has 5 heteroatoms. The van der Waals surface area contributed by atoms with Crippen LogP contribution < -0.4 is 15.7 Å². The third-order valence-electron chi connectivity index (χ3n) is 3.08. The van der Waals surface area contributed by atoms with Crippen molar-refractivity contribution in [2.45, 2.75) is 6.92 Å². The molecule has 0 radical (unpaired) electrons. The molecule has 110 valence electrons. The summed E-state index contributed by atoms with van der Waals surface area (Å²) in [6.45, 7) is 1.94. The maximum Gasteiger partial charge on any atom is 0.300 e. The fourth-order valence-electron chi connectivity index (χ4n) is 1.86. The highest BCUT2D eigenvalue weighted by Crippen LogP contribution is 2.10. The van der Waals surface area contributed by atoms with Gasteiger partial charge in [0.25, 0.3) is 12.1 Å². The first-order chi connectivity index (χ1) is 10.6. The van der Waals surface area contributed by atoms with Gasteiger partial charge in [-0.1, -0.05) is 17.7 Å². The molecule has 0 unspecified atom stereocenters. The van der Waals surface area contributed by atoms with Crippen LogP contribution in [0.3, 0.4) is 0 Å². The summed E-state index contributed by atoms with van der Waals surface area (Å²) in [6.07, 6.45) is 8.46. The smallest absolute Gasteiger partial charge is 0.300 e. The number of amides is 1. The highest BCUT2D eigenvalue weighted by atomic mass is 16.2. The van der Waals surface area contributed by atoms with Gasteiger partial charge >= 0.3 is 6.21 Å². The SMILES string of the molecule is Cc1ccc(C(=O)N/C(C=O)=C/C(=C\N)C2=CC=[N+]=C2)cc1. The van der Waals surface area contributed by atoms with Crippen molar-refractivity contribution in [2.75, 3.05) is 0 Å². The molecule has 0 bridgehead atoms. The van der Waals surface area contributed by atoms with Gasteiger partial charge in [-0.25, -0.2) is 0 Å². The zero-order chi connectivity index (χ0) is 15.9. The minimum absolute atomic E-state index is 0.128. The number of nitrogens with one attached hydrogen (secondary N) is 1. The van der Waals surface area contributed by atoms with E-state index in [9.17, 15) is 9.59 Å². The fourth-order valence-corrected chi connectivity index (χ4v) is 1.86. The third-order valence-corrected chi connectivity index (χ3v) is 3.08. The van der Waals surface area contributed by atoms with E-state index in [1.165, 1.54) is 12.3 Å². The Labute approximate surface area is 128 Å². The molecule has 0 saturated carbocycles. The summed E-state index contributed by atoms with van der Waals surface area (Å²) in [5.41, 5.74) is 8.59. The molecule has 5 nitrogen and oxygen atoms in total. The molecule has 22 heavy (non-hydrogen) atoms. The number of hydrogen-bond donors (Lipinski definition) is 2. The molecule has 0 aliphatic carbocycles. The molecule has 1 aromatic carbocycles. The number of aryl methyl sites for hydroxylation is 1. The Bertz CT molecular complexity index is 747. The summed E-state index contributed by atoms with van der Waals surface area (Å²) in [7, 11) is 0. The lowest BCUT2D eigenvalue weighted by Crippen LogP contribution is -2.23. The number of allylic oxidation sites excluding steroid dienone is 5. The standard InChI is InChI=1S/C17H15N3O2/c1-12-2-4-13(5-3-12)17(22)20-16(11-21)8-15(9-18)14-6-7-19-10-14/h2-11,18H,1H3,(H,19,20,22)/p+1. The summed E-state index contributed by atoms with van der Waals surface area (Å²) < 4.78 is 3.94. The molecule has 1 amide bonds. The van der Waals surface area contributed by atoms with Gasteiger partial charge in [0.05, 0.1) is 11.3 Å². The van der Waals surface area contributed by atoms with Crippen molar-refractivity contribution >= 4 is 24.6 Å². The van der Waals surface area contributed by atoms with E-state index in [0.717, 1.165) is 11.1 Å². The van der Waals surface area contributed by atoms with Crippen molar-refractivity contribution in [3.05, 3.63) is 70.6 Å².